The number of hydrogen-bond acceptors (Lipinski definition) is 5. The first-order valence-electron chi connectivity index (χ1n) is 5.26. The van der Waals surface area contributed by atoms with E-state index in [1.165, 1.54) is 23.1 Å². The van der Waals surface area contributed by atoms with E-state index >= 15 is 0 Å². The van der Waals surface area contributed by atoms with Gasteiger partial charge in [0.1, 0.15) is 11.2 Å². The van der Waals surface area contributed by atoms with Crippen LogP contribution in [0.5, 0.6) is 0 Å². The highest BCUT2D eigenvalue weighted by molar-refractivity contribution is 7.15. The number of nitrogens with one attached hydrogen (secondary N) is 1. The van der Waals surface area contributed by atoms with Crippen molar-refractivity contribution in [3.8, 4) is 0 Å². The van der Waals surface area contributed by atoms with Gasteiger partial charge in [-0.3, -0.25) is 10.1 Å². The van der Waals surface area contributed by atoms with E-state index < -0.39 is 0 Å². The summed E-state index contributed by atoms with van der Waals surface area (Å²) in [5, 5.41) is 14.9. The molecule has 0 amide bonds. The Kier molecular flexibility index (Phi) is 3.46. The molecule has 1 saturated heterocycles. The van der Waals surface area contributed by atoms with Crippen LogP contribution in [-0.4, -0.2) is 23.0 Å². The third-order valence-electron chi connectivity index (χ3n) is 3.24. The molecular formula is C10H12ClN3O2S. The summed E-state index contributed by atoms with van der Waals surface area (Å²) in [7, 11) is 0. The topological polar surface area (TPSA) is 68.1 Å². The Bertz CT molecular complexity index is 474. The normalized spacial score (nSPS) is 26.2. The molecule has 0 unspecified atom stereocenters. The highest BCUT2D eigenvalue weighted by Gasteiger charge is 2.33. The van der Waals surface area contributed by atoms with E-state index in [-0.39, 0.29) is 22.3 Å². The van der Waals surface area contributed by atoms with Crippen molar-refractivity contribution in [2.45, 2.75) is 6.42 Å². The molecule has 17 heavy (non-hydrogen) atoms. The largest absolute Gasteiger partial charge is 0.344 e. The predicted octanol–water partition coefficient (Wildman–Crippen LogP) is 2.10. The number of nitro groups is 1. The van der Waals surface area contributed by atoms with Gasteiger partial charge in [0, 0.05) is 6.54 Å². The minimum Gasteiger partial charge on any atom is -0.316 e. The van der Waals surface area contributed by atoms with Crippen molar-refractivity contribution >= 4 is 34.3 Å². The summed E-state index contributed by atoms with van der Waals surface area (Å²) < 4.78 is 0. The zero-order valence-corrected chi connectivity index (χ0v) is 10.6. The first-order valence-corrected chi connectivity index (χ1v) is 6.07. The third-order valence-corrected chi connectivity index (χ3v) is 4.26. The number of allylic oxidation sites excluding steroid dienone is 1. The molecule has 1 aromatic rings. The highest BCUT2D eigenvalue weighted by Crippen LogP contribution is 2.40. The minimum absolute atomic E-state index is 0. The van der Waals surface area contributed by atoms with Gasteiger partial charge in [-0.25, -0.2) is 4.98 Å². The lowest BCUT2D eigenvalue weighted by Crippen LogP contribution is -2.09. The van der Waals surface area contributed by atoms with E-state index in [1.54, 1.807) is 0 Å². The van der Waals surface area contributed by atoms with Crippen LogP contribution in [0.3, 0.4) is 0 Å². The maximum Gasteiger partial charge on any atom is 0.344 e. The molecule has 0 spiro atoms. The van der Waals surface area contributed by atoms with Gasteiger partial charge in [0.25, 0.3) is 0 Å². The van der Waals surface area contributed by atoms with Crippen molar-refractivity contribution in [2.75, 3.05) is 13.1 Å². The fraction of sp³-hybridized carbons (Fsp3) is 0.500. The molecule has 92 valence electrons. The van der Waals surface area contributed by atoms with Gasteiger partial charge in [-0.1, -0.05) is 6.08 Å². The lowest BCUT2D eigenvalue weighted by molar-refractivity contribution is -0.380. The number of hydrogen-bond donors (Lipinski definition) is 1. The number of halogens is 1. The number of aromatic nitrogens is 1. The summed E-state index contributed by atoms with van der Waals surface area (Å²) in [6.07, 6.45) is 4.59. The molecule has 5 nitrogen and oxygen atoms in total. The Balaban J connectivity index is 0.00000108. The summed E-state index contributed by atoms with van der Waals surface area (Å²) in [6.45, 7) is 2.08. The SMILES string of the molecule is Cl.O=[N+]([O-])c1cnc(C2=C[C@H]3CNC[C@H]3C2)s1. The van der Waals surface area contributed by atoms with Crippen molar-refractivity contribution in [1.29, 1.82) is 0 Å². The highest BCUT2D eigenvalue weighted by atomic mass is 35.5. The lowest BCUT2D eigenvalue weighted by atomic mass is 10.00. The monoisotopic (exact) mass is 273 g/mol. The Hall–Kier alpha value is -0.980. The molecule has 1 aliphatic carbocycles. The van der Waals surface area contributed by atoms with E-state index in [9.17, 15) is 10.1 Å². The van der Waals surface area contributed by atoms with Gasteiger partial charge in [0.05, 0.1) is 4.92 Å². The Labute approximate surface area is 109 Å². The zero-order valence-electron chi connectivity index (χ0n) is 8.96. The van der Waals surface area contributed by atoms with Crippen LogP contribution in [0.25, 0.3) is 5.57 Å². The van der Waals surface area contributed by atoms with Crippen LogP contribution in [0, 0.1) is 22.0 Å². The van der Waals surface area contributed by atoms with Crippen LogP contribution in [-0.2, 0) is 0 Å². The maximum atomic E-state index is 10.6. The van der Waals surface area contributed by atoms with Crippen LogP contribution in [0.1, 0.15) is 11.4 Å². The average molecular weight is 274 g/mol. The zero-order chi connectivity index (χ0) is 11.1. The van der Waals surface area contributed by atoms with Crippen LogP contribution >= 0.6 is 23.7 Å². The molecular weight excluding hydrogens is 262 g/mol. The lowest BCUT2D eigenvalue weighted by Gasteiger charge is -2.04. The van der Waals surface area contributed by atoms with Crippen molar-refractivity contribution < 1.29 is 4.92 Å². The Morgan fingerprint density at radius 1 is 1.53 bits per heavy atom. The number of thiazole rings is 1. The van der Waals surface area contributed by atoms with E-state index in [2.05, 4.69) is 16.4 Å². The summed E-state index contributed by atoms with van der Waals surface area (Å²) in [4.78, 5) is 14.3. The van der Waals surface area contributed by atoms with Gasteiger partial charge in [-0.2, -0.15) is 0 Å². The summed E-state index contributed by atoms with van der Waals surface area (Å²) in [6, 6.07) is 0. The number of rotatable bonds is 2. The first-order chi connectivity index (χ1) is 7.74. The fourth-order valence-corrected chi connectivity index (χ4v) is 3.20. The second kappa shape index (κ2) is 4.72. The standard InChI is InChI=1S/C10H11N3O2S.ClH/c14-13(15)9-5-12-10(16-9)6-1-7-3-11-4-8(7)2-6;/h1,5,7-8,11H,2-4H2;1H/t7-,8+;/m0./s1. The molecule has 1 aliphatic heterocycles. The molecule has 2 aliphatic rings. The first kappa shape index (κ1) is 12.5. The average Bonchev–Trinajstić information content (AvgIpc) is 2.91. The summed E-state index contributed by atoms with van der Waals surface area (Å²) in [5.74, 6) is 1.26. The van der Waals surface area contributed by atoms with Gasteiger partial charge in [-0.15, -0.1) is 12.4 Å². The van der Waals surface area contributed by atoms with Crippen molar-refractivity contribution in [3.05, 3.63) is 27.4 Å². The molecule has 0 aromatic carbocycles. The fourth-order valence-electron chi connectivity index (χ4n) is 2.44. The molecule has 3 rings (SSSR count). The molecule has 2 atom stereocenters. The molecule has 1 N–H and O–H groups in total. The van der Waals surface area contributed by atoms with Gasteiger partial charge in [0.2, 0.25) is 0 Å². The van der Waals surface area contributed by atoms with E-state index in [1.807, 2.05) is 0 Å². The molecule has 2 heterocycles. The van der Waals surface area contributed by atoms with Crippen molar-refractivity contribution in [3.63, 3.8) is 0 Å². The van der Waals surface area contributed by atoms with Gasteiger partial charge >= 0.3 is 5.00 Å². The Morgan fingerprint density at radius 2 is 2.35 bits per heavy atom. The van der Waals surface area contributed by atoms with Gasteiger partial charge in [0.15, 0.2) is 0 Å². The minimum atomic E-state index is -0.376. The third kappa shape index (κ3) is 2.20. The molecule has 0 bridgehead atoms. The summed E-state index contributed by atoms with van der Waals surface area (Å²) >= 11 is 1.18. The van der Waals surface area contributed by atoms with Crippen LogP contribution < -0.4 is 5.32 Å². The molecule has 7 heteroatoms. The van der Waals surface area contributed by atoms with Crippen LogP contribution in [0.15, 0.2) is 12.3 Å². The van der Waals surface area contributed by atoms with Crippen molar-refractivity contribution in [1.82, 2.24) is 10.3 Å². The van der Waals surface area contributed by atoms with E-state index in [4.69, 9.17) is 0 Å². The van der Waals surface area contributed by atoms with E-state index in [0.29, 0.717) is 11.8 Å². The Morgan fingerprint density at radius 3 is 3.00 bits per heavy atom. The molecule has 0 saturated carbocycles. The summed E-state index contributed by atoms with van der Waals surface area (Å²) in [5.41, 5.74) is 1.19. The maximum absolute atomic E-state index is 10.6. The quantitative estimate of drug-likeness (QED) is 0.662. The number of fused-ring (bicyclic) bond motifs is 1. The second-order valence-corrected chi connectivity index (χ2v) is 5.25. The molecule has 1 aromatic heterocycles. The van der Waals surface area contributed by atoms with Crippen molar-refractivity contribution in [2.24, 2.45) is 11.8 Å². The van der Waals surface area contributed by atoms with Crippen LogP contribution in [0.2, 0.25) is 0 Å². The predicted molar refractivity (Wildman–Crippen MR) is 68.5 cm³/mol. The smallest absolute Gasteiger partial charge is 0.316 e. The van der Waals surface area contributed by atoms with Gasteiger partial charge < -0.3 is 5.32 Å². The van der Waals surface area contributed by atoms with E-state index in [0.717, 1.165) is 24.5 Å². The molecule has 0 radical (unpaired) electrons. The van der Waals surface area contributed by atoms with Gasteiger partial charge in [-0.05, 0) is 41.7 Å². The second-order valence-electron chi connectivity index (χ2n) is 4.24. The number of nitrogens with zero attached hydrogens (tertiary/aromatic N) is 2. The molecule has 1 fully saturated rings. The van der Waals surface area contributed by atoms with Crippen LogP contribution in [0.4, 0.5) is 5.00 Å².